The first-order valence-electron chi connectivity index (χ1n) is 20.7. The van der Waals surface area contributed by atoms with E-state index in [9.17, 15) is 27.1 Å². The molecule has 0 spiro atoms. The quantitative estimate of drug-likeness (QED) is 0.183. The highest BCUT2D eigenvalue weighted by atomic mass is 32.2. The van der Waals surface area contributed by atoms with Crippen molar-refractivity contribution in [1.82, 2.24) is 4.31 Å². The Balaban J connectivity index is 1.50. The summed E-state index contributed by atoms with van der Waals surface area (Å²) in [6.45, 7) is -16.1. The molecular weight excluding hydrogens is 660 g/mol. The third kappa shape index (κ3) is 10.2. The lowest BCUT2D eigenvalue weighted by Gasteiger charge is -2.30. The number of carbonyl (C=O) groups excluding carboxylic acids is 1. The lowest BCUT2D eigenvalue weighted by Crippen LogP contribution is -2.43. The van der Waals surface area contributed by atoms with Gasteiger partial charge in [-0.15, -0.1) is 0 Å². The SMILES string of the molecule is [2H]C([2H])(Oc1ccc(C[C@H](CC(=O)O[C@]2([2H])[C@@H]3CCO[C@@H]3OC2([2H])[2H])[C@H](O)CN(C([2H])([2H])C([2H])(C)C([2H])([2H])[2H])S(=O)(=O)c2ccc(OC(F)F)cc2)cc1)c1ccccc1. The van der Waals surface area contributed by atoms with Gasteiger partial charge in [-0.25, -0.2) is 8.42 Å². The van der Waals surface area contributed by atoms with Crippen molar-refractivity contribution < 1.29 is 65.9 Å². The second-order valence-electron chi connectivity index (χ2n) is 11.3. The zero-order valence-electron chi connectivity index (χ0n) is 37.3. The van der Waals surface area contributed by atoms with Crippen LogP contribution in [0, 0.1) is 17.7 Å². The fourth-order valence-electron chi connectivity index (χ4n) is 5.20. The summed E-state index contributed by atoms with van der Waals surface area (Å²) in [5.41, 5.74) is 0.540. The van der Waals surface area contributed by atoms with Gasteiger partial charge in [0.15, 0.2) is 6.29 Å². The molecule has 0 aliphatic carbocycles. The van der Waals surface area contributed by atoms with Gasteiger partial charge in [0.1, 0.15) is 24.1 Å². The van der Waals surface area contributed by atoms with E-state index in [0.29, 0.717) is 12.5 Å². The molecule has 2 saturated heterocycles. The number of aliphatic hydroxyl groups is 1. The lowest BCUT2D eigenvalue weighted by atomic mass is 9.90. The Morgan fingerprint density at radius 3 is 2.51 bits per heavy atom. The number of alkyl halides is 2. The molecule has 266 valence electrons. The second kappa shape index (κ2) is 16.9. The molecule has 49 heavy (non-hydrogen) atoms. The molecule has 0 bridgehead atoms. The largest absolute Gasteiger partial charge is 0.489 e. The van der Waals surface area contributed by atoms with Crippen LogP contribution in [0.5, 0.6) is 11.5 Å². The van der Waals surface area contributed by atoms with Crippen LogP contribution < -0.4 is 9.47 Å². The van der Waals surface area contributed by atoms with E-state index in [0.717, 1.165) is 24.3 Å². The van der Waals surface area contributed by atoms with E-state index in [-0.39, 0.29) is 35.1 Å². The van der Waals surface area contributed by atoms with Gasteiger partial charge in [-0.05, 0) is 66.3 Å². The highest BCUT2D eigenvalue weighted by molar-refractivity contribution is 7.89. The van der Waals surface area contributed by atoms with E-state index in [1.807, 2.05) is 0 Å². The molecule has 0 saturated carbocycles. The Bertz CT molecular complexity index is 2070. The average Bonchev–Trinajstić information content (AvgIpc) is 3.68. The van der Waals surface area contributed by atoms with Crippen LogP contribution in [0.4, 0.5) is 8.78 Å². The molecular formula is C36H43F2NO9S. The van der Waals surface area contributed by atoms with Crippen molar-refractivity contribution in [3.8, 4) is 11.5 Å². The second-order valence-corrected chi connectivity index (χ2v) is 13.1. The van der Waals surface area contributed by atoms with Crippen molar-refractivity contribution in [3.05, 3.63) is 90.0 Å². The Hall–Kier alpha value is -3.62. The average molecular weight is 715 g/mol. The van der Waals surface area contributed by atoms with Gasteiger partial charge in [-0.2, -0.15) is 13.1 Å². The van der Waals surface area contributed by atoms with Crippen LogP contribution in [0.2, 0.25) is 0 Å². The number of sulfonamides is 1. The van der Waals surface area contributed by atoms with Crippen molar-refractivity contribution >= 4 is 16.0 Å². The van der Waals surface area contributed by atoms with Crippen molar-refractivity contribution in [2.24, 2.45) is 17.7 Å². The van der Waals surface area contributed by atoms with Crippen molar-refractivity contribution in [2.75, 3.05) is 26.2 Å². The van der Waals surface area contributed by atoms with E-state index in [4.69, 9.17) is 34.0 Å². The summed E-state index contributed by atoms with van der Waals surface area (Å²) in [6, 6.07) is 16.8. The number of halogens is 2. The molecule has 1 unspecified atom stereocenters. The Morgan fingerprint density at radius 1 is 1.10 bits per heavy atom. The molecule has 2 aliphatic rings. The normalized spacial score (nSPS) is 28.2. The van der Waals surface area contributed by atoms with Gasteiger partial charge < -0.3 is 28.8 Å². The van der Waals surface area contributed by atoms with Crippen LogP contribution in [0.15, 0.2) is 83.8 Å². The standard InChI is InChI=1S/C36H43F2NO9S/c1-24(2)20-39(49(42,43)30-14-12-29(13-15-30)47-36(37)38)21-32(40)27(19-34(41)48-33-23-46-35-31(33)16-17-44-35)18-25-8-10-28(11-9-25)45-22-26-6-4-3-5-7-26/h3-15,24,27,31-33,35-36,40H,16-23H2,1-2H3/t27-,31+,32-,33+,35-/m1/s1/i1D3,20D2,22D2,23D2,24D,33D/t24?,27-,31+,32-,33+,35-. The van der Waals surface area contributed by atoms with Gasteiger partial charge >= 0.3 is 12.6 Å². The van der Waals surface area contributed by atoms with Gasteiger partial charge in [0.25, 0.3) is 0 Å². The molecule has 2 heterocycles. The number of hydrogen-bond donors (Lipinski definition) is 1. The number of fused-ring (bicyclic) bond motifs is 1. The van der Waals surface area contributed by atoms with E-state index >= 15 is 0 Å². The van der Waals surface area contributed by atoms with E-state index in [1.165, 1.54) is 36.4 Å². The summed E-state index contributed by atoms with van der Waals surface area (Å²) < 4.78 is 172. The number of aliphatic hydroxyl groups excluding tert-OH is 1. The van der Waals surface area contributed by atoms with Crippen LogP contribution in [-0.2, 0) is 42.0 Å². The molecule has 2 aliphatic heterocycles. The van der Waals surface area contributed by atoms with Gasteiger partial charge in [0, 0.05) is 27.2 Å². The summed E-state index contributed by atoms with van der Waals surface area (Å²) in [7, 11) is -5.27. The minimum atomic E-state index is -5.27. The molecule has 10 nitrogen and oxygen atoms in total. The maximum Gasteiger partial charge on any atom is 0.387 e. The first kappa shape index (κ1) is 24.5. The first-order valence-corrected chi connectivity index (χ1v) is 16.7. The molecule has 5 rings (SSSR count). The zero-order valence-corrected chi connectivity index (χ0v) is 27.1. The number of nitrogens with zero attached hydrogens (tertiary/aromatic N) is 1. The number of benzene rings is 3. The van der Waals surface area contributed by atoms with Crippen LogP contribution >= 0.6 is 0 Å². The fourth-order valence-corrected chi connectivity index (χ4v) is 6.54. The van der Waals surface area contributed by atoms with Gasteiger partial charge in [-0.1, -0.05) is 56.2 Å². The molecule has 0 amide bonds. The Labute approximate surface area is 301 Å². The van der Waals surface area contributed by atoms with E-state index in [2.05, 4.69) is 4.74 Å². The summed E-state index contributed by atoms with van der Waals surface area (Å²) >= 11 is 0. The Morgan fingerprint density at radius 2 is 1.82 bits per heavy atom. The summed E-state index contributed by atoms with van der Waals surface area (Å²) in [4.78, 5) is 12.9. The lowest BCUT2D eigenvalue weighted by molar-refractivity contribution is -0.153. The maximum atomic E-state index is 14.2. The first-order chi connectivity index (χ1) is 27.6. The summed E-state index contributed by atoms with van der Waals surface area (Å²) in [5.74, 6) is -7.41. The van der Waals surface area contributed by atoms with Gasteiger partial charge in [0.05, 0.1) is 43.4 Å². The van der Waals surface area contributed by atoms with Crippen molar-refractivity contribution in [3.63, 3.8) is 0 Å². The minimum Gasteiger partial charge on any atom is -0.489 e. The number of hydrogen-bond acceptors (Lipinski definition) is 9. The zero-order chi connectivity index (χ0) is 44.7. The molecule has 6 atom stereocenters. The summed E-state index contributed by atoms with van der Waals surface area (Å²) in [6.07, 6.45) is -7.03. The molecule has 0 aromatic heterocycles. The monoisotopic (exact) mass is 714 g/mol. The van der Waals surface area contributed by atoms with Crippen LogP contribution in [0.3, 0.4) is 0 Å². The number of ether oxygens (including phenoxy) is 5. The smallest absolute Gasteiger partial charge is 0.387 e. The fraction of sp³-hybridized carbons (Fsp3) is 0.472. The predicted octanol–water partition coefficient (Wildman–Crippen LogP) is 5.43. The number of carbonyl (C=O) groups is 1. The highest BCUT2D eigenvalue weighted by Crippen LogP contribution is 2.34. The molecule has 0 radical (unpaired) electrons. The van der Waals surface area contributed by atoms with Crippen LogP contribution in [0.25, 0.3) is 0 Å². The molecule has 13 heteroatoms. The third-order valence-electron chi connectivity index (χ3n) is 7.61. The van der Waals surface area contributed by atoms with E-state index < -0.39 is 109 Å². The Kier molecular flexibility index (Phi) is 8.44. The van der Waals surface area contributed by atoms with Crippen molar-refractivity contribution in [2.45, 2.75) is 69.6 Å². The number of esters is 1. The van der Waals surface area contributed by atoms with Crippen molar-refractivity contribution in [1.29, 1.82) is 0 Å². The minimum absolute atomic E-state index is 0.0619. The number of rotatable bonds is 17. The van der Waals surface area contributed by atoms with Crippen LogP contribution in [0.1, 0.15) is 52.8 Å². The topological polar surface area (TPSA) is 121 Å². The predicted molar refractivity (Wildman–Crippen MR) is 175 cm³/mol. The molecule has 3 aromatic rings. The third-order valence-corrected chi connectivity index (χ3v) is 9.30. The molecule has 3 aromatic carbocycles. The van der Waals surface area contributed by atoms with Gasteiger partial charge in [-0.3, -0.25) is 4.79 Å². The van der Waals surface area contributed by atoms with Crippen LogP contribution in [-0.4, -0.2) is 75.1 Å². The molecule has 2 fully saturated rings. The van der Waals surface area contributed by atoms with E-state index in [1.54, 1.807) is 18.2 Å². The highest BCUT2D eigenvalue weighted by Gasteiger charge is 2.44. The maximum absolute atomic E-state index is 14.2. The summed E-state index contributed by atoms with van der Waals surface area (Å²) in [5, 5.41) is 11.9. The van der Waals surface area contributed by atoms with Gasteiger partial charge in [0.2, 0.25) is 10.0 Å². The molecule has 1 N–H and O–H groups in total.